The van der Waals surface area contributed by atoms with E-state index in [1.165, 1.54) is 23.0 Å². The van der Waals surface area contributed by atoms with E-state index in [-0.39, 0.29) is 16.8 Å². The number of carbonyl (C=O) groups is 1. The standard InChI is InChI=1S/C22H16F4N4O/c1-12-9-13(3-5-17(12)29-21(31)19-7-8-27-30(19)2)18-6-4-14-10-15(23)11-16(20(14)28-18)22(24,25)26/h3-11H,1-2H3,(H,29,31). The Hall–Kier alpha value is -3.75. The van der Waals surface area contributed by atoms with Gasteiger partial charge in [0, 0.05) is 29.9 Å². The van der Waals surface area contributed by atoms with Crippen molar-refractivity contribution >= 4 is 22.5 Å². The molecular formula is C22H16F4N4O. The quantitative estimate of drug-likeness (QED) is 0.448. The third-order valence-corrected chi connectivity index (χ3v) is 4.89. The number of hydrogen-bond acceptors (Lipinski definition) is 3. The number of carbonyl (C=O) groups excluding carboxylic acids is 1. The smallest absolute Gasteiger partial charge is 0.320 e. The molecule has 0 spiro atoms. The van der Waals surface area contributed by atoms with Crippen LogP contribution in [0.15, 0.2) is 54.7 Å². The molecule has 0 radical (unpaired) electrons. The van der Waals surface area contributed by atoms with Crippen molar-refractivity contribution in [1.82, 2.24) is 14.8 Å². The third-order valence-electron chi connectivity index (χ3n) is 4.89. The average molecular weight is 428 g/mol. The lowest BCUT2D eigenvalue weighted by molar-refractivity contribution is -0.136. The highest BCUT2D eigenvalue weighted by atomic mass is 19.4. The van der Waals surface area contributed by atoms with Gasteiger partial charge in [0.05, 0.1) is 16.8 Å². The number of halogens is 4. The molecule has 158 valence electrons. The van der Waals surface area contributed by atoms with Crippen molar-refractivity contribution < 1.29 is 22.4 Å². The topological polar surface area (TPSA) is 59.8 Å². The molecule has 2 heterocycles. The Labute approximate surface area is 174 Å². The second-order valence-electron chi connectivity index (χ2n) is 7.04. The number of rotatable bonds is 3. The predicted molar refractivity (Wildman–Crippen MR) is 108 cm³/mol. The third kappa shape index (κ3) is 3.98. The molecule has 0 atom stereocenters. The molecule has 0 aliphatic rings. The van der Waals surface area contributed by atoms with Gasteiger partial charge in [0.15, 0.2) is 0 Å². The van der Waals surface area contributed by atoms with E-state index in [0.29, 0.717) is 34.3 Å². The van der Waals surface area contributed by atoms with E-state index in [4.69, 9.17) is 0 Å². The molecule has 5 nitrogen and oxygen atoms in total. The van der Waals surface area contributed by atoms with Crippen molar-refractivity contribution in [2.75, 3.05) is 5.32 Å². The van der Waals surface area contributed by atoms with Crippen molar-refractivity contribution in [3.63, 3.8) is 0 Å². The van der Waals surface area contributed by atoms with Crippen LogP contribution >= 0.6 is 0 Å². The van der Waals surface area contributed by atoms with Gasteiger partial charge in [-0.15, -0.1) is 0 Å². The van der Waals surface area contributed by atoms with Crippen LogP contribution in [0.1, 0.15) is 21.6 Å². The number of hydrogen-bond donors (Lipinski definition) is 1. The Morgan fingerprint density at radius 1 is 1.06 bits per heavy atom. The van der Waals surface area contributed by atoms with E-state index in [1.807, 2.05) is 0 Å². The minimum absolute atomic E-state index is 0.0628. The number of pyridine rings is 1. The van der Waals surface area contributed by atoms with E-state index in [9.17, 15) is 22.4 Å². The Morgan fingerprint density at radius 3 is 2.48 bits per heavy atom. The summed E-state index contributed by atoms with van der Waals surface area (Å²) in [6, 6.07) is 11.0. The first kappa shape index (κ1) is 20.5. The van der Waals surface area contributed by atoms with E-state index in [2.05, 4.69) is 15.4 Å². The van der Waals surface area contributed by atoms with Crippen LogP contribution in [0.25, 0.3) is 22.2 Å². The fourth-order valence-corrected chi connectivity index (χ4v) is 3.32. The summed E-state index contributed by atoms with van der Waals surface area (Å²) in [6.45, 7) is 1.76. The lowest BCUT2D eigenvalue weighted by Crippen LogP contribution is -2.16. The summed E-state index contributed by atoms with van der Waals surface area (Å²) in [5, 5.41) is 6.80. The number of aromatic nitrogens is 3. The first-order chi connectivity index (χ1) is 14.6. The minimum atomic E-state index is -4.73. The molecule has 0 unspecified atom stereocenters. The zero-order valence-electron chi connectivity index (χ0n) is 16.5. The van der Waals surface area contributed by atoms with E-state index < -0.39 is 17.6 Å². The Balaban J connectivity index is 1.70. The molecule has 1 N–H and O–H groups in total. The number of fused-ring (bicyclic) bond motifs is 1. The van der Waals surface area contributed by atoms with Crippen LogP contribution in [-0.4, -0.2) is 20.7 Å². The van der Waals surface area contributed by atoms with Gasteiger partial charge in [-0.05, 0) is 48.9 Å². The summed E-state index contributed by atoms with van der Waals surface area (Å²) in [7, 11) is 1.65. The van der Waals surface area contributed by atoms with Gasteiger partial charge in [-0.25, -0.2) is 9.37 Å². The minimum Gasteiger partial charge on any atom is -0.320 e. The lowest BCUT2D eigenvalue weighted by Gasteiger charge is -2.13. The first-order valence-corrected chi connectivity index (χ1v) is 9.21. The molecule has 0 saturated heterocycles. The number of nitrogens with one attached hydrogen (secondary N) is 1. The van der Waals surface area contributed by atoms with Gasteiger partial charge in [-0.3, -0.25) is 9.48 Å². The molecule has 0 aliphatic heterocycles. The Morgan fingerprint density at radius 2 is 1.84 bits per heavy atom. The molecular weight excluding hydrogens is 412 g/mol. The molecule has 0 aliphatic carbocycles. The summed E-state index contributed by atoms with van der Waals surface area (Å²) in [4.78, 5) is 16.5. The van der Waals surface area contributed by atoms with Gasteiger partial charge in [0.25, 0.3) is 5.91 Å². The van der Waals surface area contributed by atoms with Gasteiger partial charge in [-0.2, -0.15) is 18.3 Å². The molecule has 9 heteroatoms. The number of benzene rings is 2. The Bertz CT molecular complexity index is 1310. The van der Waals surface area contributed by atoms with Crippen LogP contribution in [0.2, 0.25) is 0 Å². The highest BCUT2D eigenvalue weighted by molar-refractivity contribution is 6.03. The lowest BCUT2D eigenvalue weighted by atomic mass is 10.0. The summed E-state index contributed by atoms with van der Waals surface area (Å²) in [5.41, 5.74) is 1.05. The monoisotopic (exact) mass is 428 g/mol. The first-order valence-electron chi connectivity index (χ1n) is 9.21. The molecule has 0 saturated carbocycles. The largest absolute Gasteiger partial charge is 0.418 e. The summed E-state index contributed by atoms with van der Waals surface area (Å²) in [6.07, 6.45) is -3.22. The number of nitrogens with zero attached hydrogens (tertiary/aromatic N) is 3. The molecule has 4 aromatic rings. The molecule has 0 fully saturated rings. The van der Waals surface area contributed by atoms with Crippen molar-refractivity contribution in [2.24, 2.45) is 7.05 Å². The molecule has 4 rings (SSSR count). The number of alkyl halides is 3. The fourth-order valence-electron chi connectivity index (χ4n) is 3.32. The van der Waals surface area contributed by atoms with Crippen molar-refractivity contribution in [3.8, 4) is 11.3 Å². The molecule has 2 aromatic heterocycles. The number of amides is 1. The highest BCUT2D eigenvalue weighted by Gasteiger charge is 2.34. The second kappa shape index (κ2) is 7.50. The van der Waals surface area contributed by atoms with Gasteiger partial charge >= 0.3 is 6.18 Å². The van der Waals surface area contributed by atoms with E-state index in [0.717, 1.165) is 6.07 Å². The Kier molecular flexibility index (Phi) is 4.96. The van der Waals surface area contributed by atoms with Crippen LogP contribution in [0, 0.1) is 12.7 Å². The maximum absolute atomic E-state index is 13.6. The van der Waals surface area contributed by atoms with Gasteiger partial charge in [0.2, 0.25) is 0 Å². The molecule has 31 heavy (non-hydrogen) atoms. The summed E-state index contributed by atoms with van der Waals surface area (Å²) in [5.74, 6) is -1.31. The van der Waals surface area contributed by atoms with Crippen molar-refractivity contribution in [1.29, 1.82) is 0 Å². The maximum atomic E-state index is 13.6. The van der Waals surface area contributed by atoms with Gasteiger partial charge in [-0.1, -0.05) is 12.1 Å². The van der Waals surface area contributed by atoms with Crippen LogP contribution < -0.4 is 5.32 Å². The van der Waals surface area contributed by atoms with Crippen LogP contribution in [0.4, 0.5) is 23.2 Å². The maximum Gasteiger partial charge on any atom is 0.418 e. The zero-order valence-corrected chi connectivity index (χ0v) is 16.5. The number of aryl methyl sites for hydroxylation is 2. The SMILES string of the molecule is Cc1cc(-c2ccc3cc(F)cc(C(F)(F)F)c3n2)ccc1NC(=O)c1ccnn1C. The van der Waals surface area contributed by atoms with E-state index >= 15 is 0 Å². The van der Waals surface area contributed by atoms with Crippen molar-refractivity contribution in [2.45, 2.75) is 13.1 Å². The summed E-state index contributed by atoms with van der Waals surface area (Å²) < 4.78 is 55.1. The average Bonchev–Trinajstić information content (AvgIpc) is 3.14. The van der Waals surface area contributed by atoms with Crippen LogP contribution in [-0.2, 0) is 13.2 Å². The molecule has 1 amide bonds. The number of anilines is 1. The fraction of sp³-hybridized carbons (Fsp3) is 0.136. The van der Waals surface area contributed by atoms with Gasteiger partial charge in [0.1, 0.15) is 11.5 Å². The second-order valence-corrected chi connectivity index (χ2v) is 7.04. The zero-order chi connectivity index (χ0) is 22.3. The molecule has 0 bridgehead atoms. The highest BCUT2D eigenvalue weighted by Crippen LogP contribution is 2.36. The van der Waals surface area contributed by atoms with Gasteiger partial charge < -0.3 is 5.32 Å². The molecule has 2 aromatic carbocycles. The normalized spacial score (nSPS) is 11.7. The predicted octanol–water partition coefficient (Wildman–Crippen LogP) is 5.35. The summed E-state index contributed by atoms with van der Waals surface area (Å²) >= 11 is 0. The van der Waals surface area contributed by atoms with E-state index in [1.54, 1.807) is 38.2 Å². The van der Waals surface area contributed by atoms with Crippen LogP contribution in [0.3, 0.4) is 0 Å². The van der Waals surface area contributed by atoms with Crippen LogP contribution in [0.5, 0.6) is 0 Å². The van der Waals surface area contributed by atoms with Crippen molar-refractivity contribution in [3.05, 3.63) is 77.4 Å².